The molecule has 0 amide bonds. The Balaban J connectivity index is 0.00000280. The maximum atomic E-state index is 5.85. The Bertz CT molecular complexity index is 471. The van der Waals surface area contributed by atoms with Crippen molar-refractivity contribution in [3.63, 3.8) is 0 Å². The summed E-state index contributed by atoms with van der Waals surface area (Å²) in [7, 11) is 3.68. The predicted molar refractivity (Wildman–Crippen MR) is 126 cm³/mol. The quantitative estimate of drug-likeness (QED) is 0.328. The zero-order valence-electron chi connectivity index (χ0n) is 17.9. The number of rotatable bonds is 6. The molecule has 28 heavy (non-hydrogen) atoms. The lowest BCUT2D eigenvalue weighted by molar-refractivity contribution is -0.0855. The summed E-state index contributed by atoms with van der Waals surface area (Å²) in [6.45, 7) is 5.86. The lowest BCUT2D eigenvalue weighted by atomic mass is 9.79. The van der Waals surface area contributed by atoms with Crippen molar-refractivity contribution in [2.24, 2.45) is 4.99 Å². The highest BCUT2D eigenvalue weighted by atomic mass is 127. The summed E-state index contributed by atoms with van der Waals surface area (Å²) in [4.78, 5) is 7.27. The minimum atomic E-state index is -0.134. The Morgan fingerprint density at radius 3 is 2.14 bits per heavy atom. The van der Waals surface area contributed by atoms with Gasteiger partial charge in [0.1, 0.15) is 0 Å². The highest BCUT2D eigenvalue weighted by Crippen LogP contribution is 2.35. The van der Waals surface area contributed by atoms with E-state index in [1.54, 1.807) is 0 Å². The molecule has 6 nitrogen and oxygen atoms in total. The average Bonchev–Trinajstić information content (AvgIpc) is 2.76. The number of piperidine rings is 1. The molecule has 1 aliphatic carbocycles. The molecule has 0 aromatic rings. The first-order valence-corrected chi connectivity index (χ1v) is 11.0. The van der Waals surface area contributed by atoms with Gasteiger partial charge in [0.25, 0.3) is 0 Å². The standard InChI is InChI=1S/C21H40N4O2.HI/c1-22-19(24-18-21(26-2)11-15-27-16-12-21)23-17-20(9-5-3-6-10-20)25-13-7-4-8-14-25;/h3-18H2,1-2H3,(H2,22,23,24);1H. The molecule has 2 saturated heterocycles. The second kappa shape index (κ2) is 11.9. The van der Waals surface area contributed by atoms with Crippen molar-refractivity contribution in [3.05, 3.63) is 0 Å². The molecule has 0 radical (unpaired) electrons. The van der Waals surface area contributed by atoms with E-state index in [1.165, 1.54) is 64.5 Å². The number of nitrogens with one attached hydrogen (secondary N) is 2. The molecule has 2 N–H and O–H groups in total. The van der Waals surface area contributed by atoms with E-state index >= 15 is 0 Å². The zero-order valence-corrected chi connectivity index (χ0v) is 20.3. The maximum absolute atomic E-state index is 5.85. The number of guanidine groups is 1. The fraction of sp³-hybridized carbons (Fsp3) is 0.952. The van der Waals surface area contributed by atoms with Crippen LogP contribution in [-0.2, 0) is 9.47 Å². The predicted octanol–water partition coefficient (Wildman–Crippen LogP) is 3.15. The summed E-state index contributed by atoms with van der Waals surface area (Å²) >= 11 is 0. The Kier molecular flexibility index (Phi) is 10.3. The van der Waals surface area contributed by atoms with E-state index < -0.39 is 0 Å². The van der Waals surface area contributed by atoms with Gasteiger partial charge in [-0.15, -0.1) is 24.0 Å². The van der Waals surface area contributed by atoms with Crippen LogP contribution in [0, 0.1) is 0 Å². The van der Waals surface area contributed by atoms with Gasteiger partial charge >= 0.3 is 0 Å². The van der Waals surface area contributed by atoms with E-state index in [1.807, 2.05) is 14.2 Å². The van der Waals surface area contributed by atoms with Crippen LogP contribution in [0.4, 0.5) is 0 Å². The van der Waals surface area contributed by atoms with E-state index in [-0.39, 0.29) is 29.6 Å². The molecule has 0 aromatic heterocycles. The van der Waals surface area contributed by atoms with Crippen LogP contribution in [0.2, 0.25) is 0 Å². The summed E-state index contributed by atoms with van der Waals surface area (Å²) in [5.74, 6) is 0.903. The van der Waals surface area contributed by atoms with E-state index in [4.69, 9.17) is 9.47 Å². The Hall–Kier alpha value is -0.120. The van der Waals surface area contributed by atoms with Crippen LogP contribution in [0.1, 0.15) is 64.2 Å². The monoisotopic (exact) mass is 508 g/mol. The number of halogens is 1. The Labute approximate surface area is 188 Å². The van der Waals surface area contributed by atoms with Gasteiger partial charge in [0.15, 0.2) is 5.96 Å². The molecule has 0 atom stereocenters. The van der Waals surface area contributed by atoms with Gasteiger partial charge in [0, 0.05) is 58.8 Å². The molecule has 2 aliphatic heterocycles. The molecule has 0 aromatic carbocycles. The van der Waals surface area contributed by atoms with Gasteiger partial charge in [-0.25, -0.2) is 0 Å². The summed E-state index contributed by atoms with van der Waals surface area (Å²) < 4.78 is 11.4. The highest BCUT2D eigenvalue weighted by molar-refractivity contribution is 14.0. The first kappa shape index (κ1) is 24.2. The largest absolute Gasteiger partial charge is 0.381 e. The fourth-order valence-corrected chi connectivity index (χ4v) is 5.09. The third kappa shape index (κ3) is 6.19. The number of ether oxygens (including phenoxy) is 2. The third-order valence-electron chi connectivity index (χ3n) is 7.03. The molecular weight excluding hydrogens is 467 g/mol. The topological polar surface area (TPSA) is 58.1 Å². The maximum Gasteiger partial charge on any atom is 0.191 e. The number of methoxy groups -OCH3 is 1. The van der Waals surface area contributed by atoms with Gasteiger partial charge in [-0.05, 0) is 38.8 Å². The molecule has 3 aliphatic rings. The van der Waals surface area contributed by atoms with Crippen LogP contribution in [0.15, 0.2) is 4.99 Å². The van der Waals surface area contributed by atoms with Crippen LogP contribution >= 0.6 is 24.0 Å². The number of aliphatic imine (C=N–C) groups is 1. The number of likely N-dealkylation sites (tertiary alicyclic amines) is 1. The minimum absolute atomic E-state index is 0. The van der Waals surface area contributed by atoms with Gasteiger partial charge in [0.2, 0.25) is 0 Å². The average molecular weight is 508 g/mol. The van der Waals surface area contributed by atoms with Gasteiger partial charge in [0.05, 0.1) is 5.60 Å². The van der Waals surface area contributed by atoms with Crippen molar-refractivity contribution in [2.45, 2.75) is 75.3 Å². The molecule has 3 fully saturated rings. The molecular formula is C21H41IN4O2. The van der Waals surface area contributed by atoms with Gasteiger partial charge in [-0.1, -0.05) is 25.7 Å². The third-order valence-corrected chi connectivity index (χ3v) is 7.03. The molecule has 0 spiro atoms. The number of hydrogen-bond acceptors (Lipinski definition) is 4. The second-order valence-corrected chi connectivity index (χ2v) is 8.61. The van der Waals surface area contributed by atoms with Crippen molar-refractivity contribution in [3.8, 4) is 0 Å². The molecule has 1 saturated carbocycles. The summed E-state index contributed by atoms with van der Waals surface area (Å²) in [6.07, 6.45) is 12.7. The normalized spacial score (nSPS) is 25.6. The van der Waals surface area contributed by atoms with Gasteiger partial charge in [-0.2, -0.15) is 0 Å². The van der Waals surface area contributed by atoms with Crippen molar-refractivity contribution in [1.29, 1.82) is 0 Å². The lowest BCUT2D eigenvalue weighted by Gasteiger charge is -2.48. The Morgan fingerprint density at radius 2 is 1.54 bits per heavy atom. The van der Waals surface area contributed by atoms with Crippen LogP contribution in [0.25, 0.3) is 0 Å². The fourth-order valence-electron chi connectivity index (χ4n) is 5.09. The van der Waals surface area contributed by atoms with Crippen LogP contribution in [0.5, 0.6) is 0 Å². The van der Waals surface area contributed by atoms with Crippen molar-refractivity contribution in [1.82, 2.24) is 15.5 Å². The van der Waals surface area contributed by atoms with Crippen molar-refractivity contribution < 1.29 is 9.47 Å². The number of nitrogens with zero attached hydrogens (tertiary/aromatic N) is 2. The van der Waals surface area contributed by atoms with Crippen molar-refractivity contribution >= 4 is 29.9 Å². The van der Waals surface area contributed by atoms with E-state index in [9.17, 15) is 0 Å². The molecule has 0 unspecified atom stereocenters. The van der Waals surface area contributed by atoms with E-state index in [0.29, 0.717) is 5.54 Å². The van der Waals surface area contributed by atoms with Gasteiger partial charge < -0.3 is 20.1 Å². The molecule has 3 rings (SSSR count). The van der Waals surface area contributed by atoms with Crippen LogP contribution in [-0.4, -0.2) is 75.5 Å². The lowest BCUT2D eigenvalue weighted by Crippen LogP contribution is -2.59. The van der Waals surface area contributed by atoms with E-state index in [0.717, 1.165) is 45.1 Å². The summed E-state index contributed by atoms with van der Waals surface area (Å²) in [5, 5.41) is 7.20. The van der Waals surface area contributed by atoms with Gasteiger partial charge in [-0.3, -0.25) is 9.89 Å². The highest BCUT2D eigenvalue weighted by Gasteiger charge is 2.38. The van der Waals surface area contributed by atoms with Crippen molar-refractivity contribution in [2.75, 3.05) is 53.6 Å². The zero-order chi connectivity index (χ0) is 19.0. The Morgan fingerprint density at radius 1 is 0.929 bits per heavy atom. The molecule has 2 heterocycles. The summed E-state index contributed by atoms with van der Waals surface area (Å²) in [5.41, 5.74) is 0.180. The molecule has 7 heteroatoms. The first-order valence-electron chi connectivity index (χ1n) is 11.0. The summed E-state index contributed by atoms with van der Waals surface area (Å²) in [6, 6.07) is 0. The smallest absolute Gasteiger partial charge is 0.191 e. The van der Waals surface area contributed by atoms with E-state index in [2.05, 4.69) is 20.5 Å². The number of hydrogen-bond donors (Lipinski definition) is 2. The first-order chi connectivity index (χ1) is 13.2. The second-order valence-electron chi connectivity index (χ2n) is 8.61. The molecule has 164 valence electrons. The van der Waals surface area contributed by atoms with Crippen LogP contribution < -0.4 is 10.6 Å². The molecule has 0 bridgehead atoms. The SMILES string of the molecule is CN=C(NCC1(OC)CCOCC1)NCC1(N2CCCCC2)CCCCC1.I. The minimum Gasteiger partial charge on any atom is -0.381 e. The van der Waals surface area contributed by atoms with Crippen LogP contribution in [0.3, 0.4) is 0 Å².